The molecule has 0 aliphatic carbocycles. The van der Waals surface area contributed by atoms with Crippen LogP contribution in [-0.4, -0.2) is 20.9 Å². The second kappa shape index (κ2) is 7.31. The van der Waals surface area contributed by atoms with Gasteiger partial charge in [-0.05, 0) is 36.2 Å². The largest absolute Gasteiger partial charge is 0.352 e. The lowest BCUT2D eigenvalue weighted by molar-refractivity contribution is 0.0954. The van der Waals surface area contributed by atoms with Crippen molar-refractivity contribution in [2.24, 2.45) is 5.14 Å². The minimum atomic E-state index is -3.70. The molecule has 0 bridgehead atoms. The Hall–Kier alpha value is -1.60. The molecule has 122 valence electrons. The van der Waals surface area contributed by atoms with E-state index in [1.54, 1.807) is 30.3 Å². The zero-order chi connectivity index (χ0) is 17.0. The lowest BCUT2D eigenvalue weighted by Crippen LogP contribution is -2.26. The molecule has 0 atom stereocenters. The molecule has 0 heterocycles. The second-order valence-corrected chi connectivity index (χ2v) is 7.17. The summed E-state index contributed by atoms with van der Waals surface area (Å²) in [5.41, 5.74) is 1.10. The van der Waals surface area contributed by atoms with E-state index in [0.717, 1.165) is 5.56 Å². The Morgan fingerprint density at radius 1 is 1.04 bits per heavy atom. The molecule has 0 aliphatic rings. The number of nitrogens with two attached hydrogens (primary N) is 1. The van der Waals surface area contributed by atoms with E-state index in [4.69, 9.17) is 28.3 Å². The Bertz CT molecular complexity index is 801. The minimum absolute atomic E-state index is 0.0492. The van der Waals surface area contributed by atoms with E-state index in [1.807, 2.05) is 0 Å². The molecular weight excluding hydrogens is 359 g/mol. The van der Waals surface area contributed by atoms with Crippen LogP contribution in [0.15, 0.2) is 47.4 Å². The molecule has 3 N–H and O–H groups in total. The van der Waals surface area contributed by atoms with Gasteiger partial charge in [-0.1, -0.05) is 41.4 Å². The topological polar surface area (TPSA) is 89.3 Å². The SMILES string of the molecule is NS(=O)(=O)c1ccc(CCNC(=O)c2c(Cl)cccc2Cl)cc1. The number of benzene rings is 2. The first-order valence-electron chi connectivity index (χ1n) is 6.63. The highest BCUT2D eigenvalue weighted by molar-refractivity contribution is 7.89. The maximum absolute atomic E-state index is 12.1. The summed E-state index contributed by atoms with van der Waals surface area (Å²) >= 11 is 11.9. The molecule has 2 aromatic rings. The quantitative estimate of drug-likeness (QED) is 0.844. The molecule has 0 saturated heterocycles. The first-order valence-corrected chi connectivity index (χ1v) is 8.93. The smallest absolute Gasteiger partial charge is 0.254 e. The lowest BCUT2D eigenvalue weighted by atomic mass is 10.1. The number of amides is 1. The van der Waals surface area contributed by atoms with E-state index in [1.165, 1.54) is 12.1 Å². The van der Waals surface area contributed by atoms with E-state index in [9.17, 15) is 13.2 Å². The van der Waals surface area contributed by atoms with Crippen LogP contribution >= 0.6 is 23.2 Å². The average Bonchev–Trinajstić information content (AvgIpc) is 2.46. The Labute approximate surface area is 144 Å². The summed E-state index contributed by atoms with van der Waals surface area (Å²) in [5, 5.41) is 8.32. The van der Waals surface area contributed by atoms with Crippen molar-refractivity contribution < 1.29 is 13.2 Å². The van der Waals surface area contributed by atoms with Gasteiger partial charge in [0.15, 0.2) is 0 Å². The third-order valence-corrected chi connectivity index (χ3v) is 4.70. The number of sulfonamides is 1. The number of nitrogens with one attached hydrogen (secondary N) is 1. The number of carbonyl (C=O) groups is 1. The molecule has 23 heavy (non-hydrogen) atoms. The van der Waals surface area contributed by atoms with E-state index in [0.29, 0.717) is 13.0 Å². The van der Waals surface area contributed by atoms with Crippen molar-refractivity contribution in [2.45, 2.75) is 11.3 Å². The van der Waals surface area contributed by atoms with Crippen LogP contribution in [0, 0.1) is 0 Å². The van der Waals surface area contributed by atoms with Gasteiger partial charge in [0.1, 0.15) is 0 Å². The van der Waals surface area contributed by atoms with Crippen molar-refractivity contribution in [3.63, 3.8) is 0 Å². The van der Waals surface area contributed by atoms with Gasteiger partial charge in [0, 0.05) is 6.54 Å². The van der Waals surface area contributed by atoms with Crippen molar-refractivity contribution in [3.05, 3.63) is 63.6 Å². The number of primary sulfonamides is 1. The molecule has 0 aromatic heterocycles. The van der Waals surface area contributed by atoms with Crippen LogP contribution in [-0.2, 0) is 16.4 Å². The average molecular weight is 373 g/mol. The van der Waals surface area contributed by atoms with Gasteiger partial charge < -0.3 is 5.32 Å². The summed E-state index contributed by atoms with van der Waals surface area (Å²) in [6, 6.07) is 11.0. The standard InChI is InChI=1S/C15H14Cl2N2O3S/c16-12-2-1-3-13(17)14(12)15(20)19-9-8-10-4-6-11(7-5-10)23(18,21)22/h1-7H,8-9H2,(H,19,20)(H2,18,21,22). The van der Waals surface area contributed by atoms with Gasteiger partial charge in [-0.2, -0.15) is 0 Å². The van der Waals surface area contributed by atoms with Gasteiger partial charge in [0.2, 0.25) is 10.0 Å². The third kappa shape index (κ3) is 4.68. The van der Waals surface area contributed by atoms with Gasteiger partial charge in [-0.3, -0.25) is 4.79 Å². The summed E-state index contributed by atoms with van der Waals surface area (Å²) in [4.78, 5) is 12.1. The van der Waals surface area contributed by atoms with Crippen molar-refractivity contribution in [2.75, 3.05) is 6.54 Å². The molecule has 0 radical (unpaired) electrons. The fraction of sp³-hybridized carbons (Fsp3) is 0.133. The molecule has 1 amide bonds. The maximum atomic E-state index is 12.1. The number of rotatable bonds is 5. The van der Waals surface area contributed by atoms with Crippen LogP contribution in [0.2, 0.25) is 10.0 Å². The van der Waals surface area contributed by atoms with Gasteiger partial charge in [-0.25, -0.2) is 13.6 Å². The lowest BCUT2D eigenvalue weighted by Gasteiger charge is -2.08. The molecule has 0 saturated carbocycles. The van der Waals surface area contributed by atoms with Crippen molar-refractivity contribution in [1.29, 1.82) is 0 Å². The zero-order valence-electron chi connectivity index (χ0n) is 11.9. The van der Waals surface area contributed by atoms with E-state index in [-0.39, 0.29) is 26.4 Å². The Morgan fingerprint density at radius 3 is 2.13 bits per heavy atom. The molecule has 2 aromatic carbocycles. The maximum Gasteiger partial charge on any atom is 0.254 e. The summed E-state index contributed by atoms with van der Waals surface area (Å²) in [7, 11) is -3.70. The highest BCUT2D eigenvalue weighted by Crippen LogP contribution is 2.23. The van der Waals surface area contributed by atoms with Crippen molar-refractivity contribution in [3.8, 4) is 0 Å². The Morgan fingerprint density at radius 2 is 1.61 bits per heavy atom. The van der Waals surface area contributed by atoms with E-state index in [2.05, 4.69) is 5.32 Å². The predicted octanol–water partition coefficient (Wildman–Crippen LogP) is 2.61. The van der Waals surface area contributed by atoms with Crippen LogP contribution in [0.25, 0.3) is 0 Å². The Kier molecular flexibility index (Phi) is 5.64. The van der Waals surface area contributed by atoms with Crippen LogP contribution in [0.1, 0.15) is 15.9 Å². The fourth-order valence-electron chi connectivity index (χ4n) is 1.97. The summed E-state index contributed by atoms with van der Waals surface area (Å²) in [6.45, 7) is 0.356. The number of hydrogen-bond acceptors (Lipinski definition) is 3. The van der Waals surface area contributed by atoms with E-state index >= 15 is 0 Å². The predicted molar refractivity (Wildman–Crippen MR) is 90.3 cm³/mol. The van der Waals surface area contributed by atoms with Gasteiger partial charge in [0.25, 0.3) is 5.91 Å². The zero-order valence-corrected chi connectivity index (χ0v) is 14.3. The van der Waals surface area contributed by atoms with Crippen LogP contribution < -0.4 is 10.5 Å². The first kappa shape index (κ1) is 17.7. The van der Waals surface area contributed by atoms with Gasteiger partial charge in [0.05, 0.1) is 20.5 Å². The molecule has 0 unspecified atom stereocenters. The summed E-state index contributed by atoms with van der Waals surface area (Å²) < 4.78 is 22.3. The number of hydrogen-bond donors (Lipinski definition) is 2. The Balaban J connectivity index is 1.96. The molecule has 0 aliphatic heterocycles. The van der Waals surface area contributed by atoms with Gasteiger partial charge >= 0.3 is 0 Å². The number of carbonyl (C=O) groups excluding carboxylic acids is 1. The summed E-state index contributed by atoms with van der Waals surface area (Å²) in [6.07, 6.45) is 0.526. The van der Waals surface area contributed by atoms with Crippen molar-refractivity contribution in [1.82, 2.24) is 5.32 Å². The van der Waals surface area contributed by atoms with E-state index < -0.39 is 10.0 Å². The normalized spacial score (nSPS) is 11.3. The first-order chi connectivity index (χ1) is 10.8. The summed E-state index contributed by atoms with van der Waals surface area (Å²) in [5.74, 6) is -0.359. The van der Waals surface area contributed by atoms with Crippen LogP contribution in [0.3, 0.4) is 0 Å². The fourth-order valence-corrected chi connectivity index (χ4v) is 3.05. The van der Waals surface area contributed by atoms with Crippen LogP contribution in [0.4, 0.5) is 0 Å². The molecule has 2 rings (SSSR count). The number of halogens is 2. The highest BCUT2D eigenvalue weighted by Gasteiger charge is 2.13. The van der Waals surface area contributed by atoms with Gasteiger partial charge in [-0.15, -0.1) is 0 Å². The third-order valence-electron chi connectivity index (χ3n) is 3.14. The molecule has 0 spiro atoms. The molecule has 8 heteroatoms. The second-order valence-electron chi connectivity index (χ2n) is 4.79. The monoisotopic (exact) mass is 372 g/mol. The highest BCUT2D eigenvalue weighted by atomic mass is 35.5. The minimum Gasteiger partial charge on any atom is -0.352 e. The molecule has 0 fully saturated rings. The molecular formula is C15H14Cl2N2O3S. The molecule has 5 nitrogen and oxygen atoms in total. The van der Waals surface area contributed by atoms with Crippen molar-refractivity contribution >= 4 is 39.1 Å². The van der Waals surface area contributed by atoms with Crippen LogP contribution in [0.5, 0.6) is 0 Å².